The first-order valence-electron chi connectivity index (χ1n) is 7.09. The number of amides is 1. The van der Waals surface area contributed by atoms with Gasteiger partial charge in [0.2, 0.25) is 0 Å². The molecule has 0 bridgehead atoms. The summed E-state index contributed by atoms with van der Waals surface area (Å²) in [6.45, 7) is 4.06. The zero-order valence-corrected chi connectivity index (χ0v) is 12.2. The number of hydrogen-bond acceptors (Lipinski definition) is 3. The monoisotopic (exact) mass is 294 g/mol. The summed E-state index contributed by atoms with van der Waals surface area (Å²) in [4.78, 5) is 12.3. The topological polar surface area (TPSA) is 50.4 Å². The molecule has 108 valence electrons. The molecule has 1 saturated heterocycles. The number of ether oxygens (including phenoxy) is 1. The van der Waals surface area contributed by atoms with Crippen molar-refractivity contribution in [2.24, 2.45) is 5.92 Å². The Labute approximate surface area is 123 Å². The van der Waals surface area contributed by atoms with Gasteiger partial charge in [-0.3, -0.25) is 4.79 Å². The number of hydrogen-bond donors (Lipinski definition) is 2. The maximum absolute atomic E-state index is 12.3. The fourth-order valence-corrected chi connectivity index (χ4v) is 3.06. The van der Waals surface area contributed by atoms with Gasteiger partial charge in [-0.25, -0.2) is 0 Å². The third-order valence-corrected chi connectivity index (χ3v) is 4.34. The van der Waals surface area contributed by atoms with Crippen LogP contribution in [0.3, 0.4) is 0 Å². The lowest BCUT2D eigenvalue weighted by atomic mass is 9.95. The standard InChI is InChI=1S/C15H19ClN2O2/c1-9-8-17-5-4-12(9)18-15(19)14-7-10-6-11(16)2-3-13(10)20-14/h2-3,6,9,12,14,17H,4-5,7-8H2,1H3,(H,18,19). The van der Waals surface area contributed by atoms with Crippen LogP contribution in [0.5, 0.6) is 5.75 Å². The Hall–Kier alpha value is -1.26. The minimum Gasteiger partial charge on any atom is -0.480 e. The number of piperidine rings is 1. The molecule has 4 nitrogen and oxygen atoms in total. The molecule has 0 radical (unpaired) electrons. The van der Waals surface area contributed by atoms with E-state index in [1.807, 2.05) is 12.1 Å². The second-order valence-electron chi connectivity index (χ2n) is 5.65. The lowest BCUT2D eigenvalue weighted by molar-refractivity contribution is -0.128. The Bertz CT molecular complexity index is 521. The summed E-state index contributed by atoms with van der Waals surface area (Å²) in [5.41, 5.74) is 1.01. The van der Waals surface area contributed by atoms with Gasteiger partial charge in [-0.05, 0) is 49.2 Å². The van der Waals surface area contributed by atoms with Crippen molar-refractivity contribution in [3.63, 3.8) is 0 Å². The van der Waals surface area contributed by atoms with E-state index in [4.69, 9.17) is 16.3 Å². The minimum absolute atomic E-state index is 0.0175. The highest BCUT2D eigenvalue weighted by Gasteiger charge is 2.32. The molecule has 0 aromatic heterocycles. The summed E-state index contributed by atoms with van der Waals surface area (Å²) in [6.07, 6.45) is 1.14. The van der Waals surface area contributed by atoms with E-state index in [-0.39, 0.29) is 11.9 Å². The Morgan fingerprint density at radius 3 is 3.15 bits per heavy atom. The first-order valence-corrected chi connectivity index (χ1v) is 7.47. The molecule has 2 aliphatic rings. The Kier molecular flexibility index (Phi) is 3.85. The molecule has 3 unspecified atom stereocenters. The van der Waals surface area contributed by atoms with Crippen LogP contribution in [0.4, 0.5) is 0 Å². The van der Waals surface area contributed by atoms with Crippen LogP contribution in [-0.4, -0.2) is 31.1 Å². The van der Waals surface area contributed by atoms with Crippen molar-refractivity contribution in [3.8, 4) is 5.75 Å². The summed E-state index contributed by atoms with van der Waals surface area (Å²) in [6, 6.07) is 5.73. The van der Waals surface area contributed by atoms with Gasteiger partial charge in [0.15, 0.2) is 6.10 Å². The van der Waals surface area contributed by atoms with E-state index in [2.05, 4.69) is 17.6 Å². The highest BCUT2D eigenvalue weighted by atomic mass is 35.5. The number of rotatable bonds is 2. The average Bonchev–Trinajstić information content (AvgIpc) is 2.84. The van der Waals surface area contributed by atoms with E-state index in [1.54, 1.807) is 6.07 Å². The Balaban J connectivity index is 1.62. The fraction of sp³-hybridized carbons (Fsp3) is 0.533. The molecule has 2 heterocycles. The molecule has 0 saturated carbocycles. The zero-order chi connectivity index (χ0) is 14.1. The van der Waals surface area contributed by atoms with Gasteiger partial charge in [0.25, 0.3) is 5.91 Å². The Morgan fingerprint density at radius 1 is 1.50 bits per heavy atom. The molecular formula is C15H19ClN2O2. The fourth-order valence-electron chi connectivity index (χ4n) is 2.87. The van der Waals surface area contributed by atoms with Crippen LogP contribution in [0.1, 0.15) is 18.9 Å². The predicted molar refractivity (Wildman–Crippen MR) is 78.2 cm³/mol. The number of benzene rings is 1. The third kappa shape index (κ3) is 2.76. The van der Waals surface area contributed by atoms with Gasteiger partial charge in [0.1, 0.15) is 5.75 Å². The molecule has 0 aliphatic carbocycles. The molecule has 1 amide bonds. The summed E-state index contributed by atoms with van der Waals surface area (Å²) >= 11 is 5.96. The summed E-state index contributed by atoms with van der Waals surface area (Å²) < 4.78 is 5.71. The third-order valence-electron chi connectivity index (χ3n) is 4.10. The second kappa shape index (κ2) is 5.62. The summed E-state index contributed by atoms with van der Waals surface area (Å²) in [7, 11) is 0. The molecule has 5 heteroatoms. The maximum Gasteiger partial charge on any atom is 0.261 e. The molecule has 2 aliphatic heterocycles. The maximum atomic E-state index is 12.3. The molecule has 1 fully saturated rings. The molecule has 1 aromatic carbocycles. The van der Waals surface area contributed by atoms with Crippen molar-refractivity contribution in [1.29, 1.82) is 0 Å². The minimum atomic E-state index is -0.425. The van der Waals surface area contributed by atoms with Crippen LogP contribution in [0.15, 0.2) is 18.2 Å². The van der Waals surface area contributed by atoms with Crippen LogP contribution in [-0.2, 0) is 11.2 Å². The predicted octanol–water partition coefficient (Wildman–Crippen LogP) is 1.76. The first-order chi connectivity index (χ1) is 9.63. The molecule has 0 spiro atoms. The molecule has 2 N–H and O–H groups in total. The molecular weight excluding hydrogens is 276 g/mol. The molecule has 1 aromatic rings. The van der Waals surface area contributed by atoms with Gasteiger partial charge in [-0.2, -0.15) is 0 Å². The van der Waals surface area contributed by atoms with Crippen LogP contribution in [0, 0.1) is 5.92 Å². The van der Waals surface area contributed by atoms with E-state index in [9.17, 15) is 4.79 Å². The van der Waals surface area contributed by atoms with E-state index in [0.29, 0.717) is 17.4 Å². The van der Waals surface area contributed by atoms with Crippen LogP contribution in [0.2, 0.25) is 5.02 Å². The number of fused-ring (bicyclic) bond motifs is 1. The van der Waals surface area contributed by atoms with Crippen molar-refractivity contribution in [3.05, 3.63) is 28.8 Å². The van der Waals surface area contributed by atoms with Crippen molar-refractivity contribution in [2.45, 2.75) is 31.9 Å². The lowest BCUT2D eigenvalue weighted by Crippen LogP contribution is -2.51. The van der Waals surface area contributed by atoms with Gasteiger partial charge in [-0.15, -0.1) is 0 Å². The zero-order valence-electron chi connectivity index (χ0n) is 11.5. The molecule has 3 atom stereocenters. The van der Waals surface area contributed by atoms with Crippen LogP contribution >= 0.6 is 11.6 Å². The SMILES string of the molecule is CC1CNCCC1NC(=O)C1Cc2cc(Cl)ccc2O1. The largest absolute Gasteiger partial charge is 0.480 e. The van der Waals surface area contributed by atoms with Crippen molar-refractivity contribution < 1.29 is 9.53 Å². The van der Waals surface area contributed by atoms with Crippen LogP contribution < -0.4 is 15.4 Å². The van der Waals surface area contributed by atoms with E-state index in [0.717, 1.165) is 30.8 Å². The highest BCUT2D eigenvalue weighted by Crippen LogP contribution is 2.31. The van der Waals surface area contributed by atoms with Crippen molar-refractivity contribution in [1.82, 2.24) is 10.6 Å². The summed E-state index contributed by atoms with van der Waals surface area (Å²) in [5.74, 6) is 1.20. The van der Waals surface area contributed by atoms with Crippen molar-refractivity contribution >= 4 is 17.5 Å². The number of carbonyl (C=O) groups excluding carboxylic acids is 1. The quantitative estimate of drug-likeness (QED) is 0.874. The van der Waals surface area contributed by atoms with Gasteiger partial charge in [0.05, 0.1) is 0 Å². The number of nitrogens with one attached hydrogen (secondary N) is 2. The second-order valence-corrected chi connectivity index (χ2v) is 6.08. The van der Waals surface area contributed by atoms with E-state index in [1.165, 1.54) is 0 Å². The van der Waals surface area contributed by atoms with Gasteiger partial charge in [0, 0.05) is 17.5 Å². The lowest BCUT2D eigenvalue weighted by Gasteiger charge is -2.30. The van der Waals surface area contributed by atoms with Gasteiger partial charge < -0.3 is 15.4 Å². The van der Waals surface area contributed by atoms with Gasteiger partial charge >= 0.3 is 0 Å². The number of carbonyl (C=O) groups is 1. The average molecular weight is 295 g/mol. The van der Waals surface area contributed by atoms with Gasteiger partial charge in [-0.1, -0.05) is 18.5 Å². The Morgan fingerprint density at radius 2 is 2.35 bits per heavy atom. The first kappa shape index (κ1) is 13.7. The highest BCUT2D eigenvalue weighted by molar-refractivity contribution is 6.30. The smallest absolute Gasteiger partial charge is 0.261 e. The van der Waals surface area contributed by atoms with Crippen molar-refractivity contribution in [2.75, 3.05) is 13.1 Å². The summed E-state index contributed by atoms with van der Waals surface area (Å²) in [5, 5.41) is 7.13. The normalized spacial score (nSPS) is 28.6. The van der Waals surface area contributed by atoms with E-state index < -0.39 is 6.10 Å². The molecule has 3 rings (SSSR count). The number of halogens is 1. The van der Waals surface area contributed by atoms with E-state index >= 15 is 0 Å². The molecule has 20 heavy (non-hydrogen) atoms. The van der Waals surface area contributed by atoms with Crippen LogP contribution in [0.25, 0.3) is 0 Å².